The van der Waals surface area contributed by atoms with Gasteiger partial charge in [0.1, 0.15) is 11.8 Å². The molecule has 0 amide bonds. The van der Waals surface area contributed by atoms with Crippen LogP contribution in [0.5, 0.6) is 0 Å². The Bertz CT molecular complexity index is 572. The molecule has 0 radical (unpaired) electrons. The number of hydrogen-bond acceptors (Lipinski definition) is 5. The Hall–Kier alpha value is -1.69. The van der Waals surface area contributed by atoms with Crippen LogP contribution >= 0.6 is 0 Å². The summed E-state index contributed by atoms with van der Waals surface area (Å²) in [6.45, 7) is 3.35. The first-order valence-corrected chi connectivity index (χ1v) is 7.90. The molecule has 0 saturated heterocycles. The minimum atomic E-state index is 0.547. The number of hydrogen-bond donors (Lipinski definition) is 2. The molecule has 0 aliphatic heterocycles. The number of imidazole rings is 1. The van der Waals surface area contributed by atoms with Gasteiger partial charge in [-0.25, -0.2) is 15.0 Å². The smallest absolute Gasteiger partial charge is 0.182 e. The van der Waals surface area contributed by atoms with Gasteiger partial charge in [-0.3, -0.25) is 0 Å². The van der Waals surface area contributed by atoms with E-state index in [9.17, 15) is 0 Å². The van der Waals surface area contributed by atoms with Gasteiger partial charge >= 0.3 is 0 Å². The first-order valence-electron chi connectivity index (χ1n) is 7.90. The molecule has 6 heteroatoms. The van der Waals surface area contributed by atoms with E-state index in [1.807, 2.05) is 0 Å². The Morgan fingerprint density at radius 2 is 2.05 bits per heavy atom. The minimum absolute atomic E-state index is 0.547. The van der Waals surface area contributed by atoms with Crippen LogP contribution in [0, 0.1) is 0 Å². The highest BCUT2D eigenvalue weighted by molar-refractivity contribution is 5.82. The molecule has 1 aliphatic rings. The third kappa shape index (κ3) is 3.00. The molecule has 114 valence electrons. The van der Waals surface area contributed by atoms with E-state index in [0.29, 0.717) is 12.1 Å². The molecule has 21 heavy (non-hydrogen) atoms. The van der Waals surface area contributed by atoms with Crippen molar-refractivity contribution in [1.82, 2.24) is 25.3 Å². The van der Waals surface area contributed by atoms with Crippen LogP contribution in [-0.4, -0.2) is 45.6 Å². The average Bonchev–Trinajstić information content (AvgIpc) is 3.01. The zero-order valence-corrected chi connectivity index (χ0v) is 12.8. The van der Waals surface area contributed by atoms with Crippen molar-refractivity contribution in [2.75, 3.05) is 18.5 Å². The van der Waals surface area contributed by atoms with Gasteiger partial charge in [-0.15, -0.1) is 0 Å². The number of anilines is 1. The standard InChI is InChI=1S/C15H24N6/c1-3-8-16-11-4-6-12(7-5-11)21(2)15-13-14(18-9-17-13)19-10-20-15/h9-12,16H,3-8H2,1-2H3,(H,17,18,19,20). The van der Waals surface area contributed by atoms with Gasteiger partial charge < -0.3 is 15.2 Å². The molecule has 1 saturated carbocycles. The van der Waals surface area contributed by atoms with E-state index < -0.39 is 0 Å². The zero-order chi connectivity index (χ0) is 14.7. The number of H-pyrrole nitrogens is 1. The van der Waals surface area contributed by atoms with Crippen molar-refractivity contribution in [3.05, 3.63) is 12.7 Å². The number of aromatic nitrogens is 4. The average molecular weight is 288 g/mol. The number of aromatic amines is 1. The lowest BCUT2D eigenvalue weighted by Crippen LogP contribution is -2.41. The van der Waals surface area contributed by atoms with Crippen LogP contribution in [0.3, 0.4) is 0 Å². The van der Waals surface area contributed by atoms with E-state index in [0.717, 1.165) is 23.5 Å². The summed E-state index contributed by atoms with van der Waals surface area (Å²) in [5.74, 6) is 0.961. The Balaban J connectivity index is 1.66. The van der Waals surface area contributed by atoms with Crippen LogP contribution < -0.4 is 10.2 Å². The van der Waals surface area contributed by atoms with Gasteiger partial charge in [-0.05, 0) is 38.6 Å². The van der Waals surface area contributed by atoms with Crippen LogP contribution in [0.2, 0.25) is 0 Å². The van der Waals surface area contributed by atoms with Gasteiger partial charge in [0, 0.05) is 19.1 Å². The monoisotopic (exact) mass is 288 g/mol. The second kappa shape index (κ2) is 6.39. The van der Waals surface area contributed by atoms with Crippen molar-refractivity contribution in [2.45, 2.75) is 51.1 Å². The molecule has 0 spiro atoms. The van der Waals surface area contributed by atoms with Crippen LogP contribution in [0.1, 0.15) is 39.0 Å². The molecule has 3 rings (SSSR count). The number of fused-ring (bicyclic) bond motifs is 1. The van der Waals surface area contributed by atoms with Crippen LogP contribution in [0.25, 0.3) is 11.2 Å². The Morgan fingerprint density at radius 3 is 2.81 bits per heavy atom. The van der Waals surface area contributed by atoms with E-state index in [-0.39, 0.29) is 0 Å². The highest BCUT2D eigenvalue weighted by Crippen LogP contribution is 2.28. The Kier molecular flexibility index (Phi) is 4.34. The second-order valence-electron chi connectivity index (χ2n) is 5.87. The third-order valence-corrected chi connectivity index (χ3v) is 4.46. The summed E-state index contributed by atoms with van der Waals surface area (Å²) in [4.78, 5) is 18.3. The molecule has 0 bridgehead atoms. The summed E-state index contributed by atoms with van der Waals surface area (Å²) in [7, 11) is 2.13. The maximum absolute atomic E-state index is 4.45. The molecular weight excluding hydrogens is 264 g/mol. The maximum Gasteiger partial charge on any atom is 0.182 e. The van der Waals surface area contributed by atoms with E-state index in [1.54, 1.807) is 12.7 Å². The number of nitrogens with one attached hydrogen (secondary N) is 2. The molecule has 6 nitrogen and oxygen atoms in total. The Labute approximate surface area is 125 Å². The fourth-order valence-electron chi connectivity index (χ4n) is 3.21. The highest BCUT2D eigenvalue weighted by Gasteiger charge is 2.25. The first-order chi connectivity index (χ1) is 10.3. The molecule has 1 aliphatic carbocycles. The lowest BCUT2D eigenvalue weighted by molar-refractivity contribution is 0.337. The van der Waals surface area contributed by atoms with Crippen LogP contribution in [0.15, 0.2) is 12.7 Å². The molecule has 2 heterocycles. The van der Waals surface area contributed by atoms with Gasteiger partial charge in [0.05, 0.1) is 6.33 Å². The van der Waals surface area contributed by atoms with Crippen molar-refractivity contribution >= 4 is 17.0 Å². The van der Waals surface area contributed by atoms with E-state index in [4.69, 9.17) is 0 Å². The van der Waals surface area contributed by atoms with Crippen molar-refractivity contribution in [3.8, 4) is 0 Å². The Morgan fingerprint density at radius 1 is 1.24 bits per heavy atom. The largest absolute Gasteiger partial charge is 0.355 e. The number of rotatable bonds is 5. The van der Waals surface area contributed by atoms with Crippen molar-refractivity contribution in [3.63, 3.8) is 0 Å². The van der Waals surface area contributed by atoms with E-state index in [2.05, 4.69) is 44.1 Å². The third-order valence-electron chi connectivity index (χ3n) is 4.46. The predicted molar refractivity (Wildman–Crippen MR) is 84.4 cm³/mol. The van der Waals surface area contributed by atoms with Gasteiger partial charge in [-0.1, -0.05) is 6.92 Å². The summed E-state index contributed by atoms with van der Waals surface area (Å²) >= 11 is 0. The molecule has 0 unspecified atom stereocenters. The summed E-state index contributed by atoms with van der Waals surface area (Å²) in [5.41, 5.74) is 1.68. The van der Waals surface area contributed by atoms with Crippen molar-refractivity contribution in [2.24, 2.45) is 0 Å². The quantitative estimate of drug-likeness (QED) is 0.881. The molecule has 0 aromatic carbocycles. The van der Waals surface area contributed by atoms with Gasteiger partial charge in [0.2, 0.25) is 0 Å². The van der Waals surface area contributed by atoms with Crippen LogP contribution in [0.4, 0.5) is 5.82 Å². The fraction of sp³-hybridized carbons (Fsp3) is 0.667. The zero-order valence-electron chi connectivity index (χ0n) is 12.8. The molecular formula is C15H24N6. The normalized spacial score (nSPS) is 22.6. The molecule has 2 aromatic heterocycles. The van der Waals surface area contributed by atoms with E-state index in [1.165, 1.54) is 32.1 Å². The fourth-order valence-corrected chi connectivity index (χ4v) is 3.21. The summed E-state index contributed by atoms with van der Waals surface area (Å²) in [5, 5.41) is 3.64. The lowest BCUT2D eigenvalue weighted by atomic mass is 9.90. The molecule has 2 aromatic rings. The molecule has 1 fully saturated rings. The second-order valence-corrected chi connectivity index (χ2v) is 5.87. The predicted octanol–water partition coefficient (Wildman–Crippen LogP) is 2.10. The lowest BCUT2D eigenvalue weighted by Gasteiger charge is -2.35. The molecule has 0 atom stereocenters. The SMILES string of the molecule is CCCNC1CCC(N(C)c2ncnc3nc[nH]c23)CC1. The van der Waals surface area contributed by atoms with Gasteiger partial charge in [0.15, 0.2) is 11.5 Å². The topological polar surface area (TPSA) is 69.7 Å². The van der Waals surface area contributed by atoms with E-state index >= 15 is 0 Å². The van der Waals surface area contributed by atoms with Crippen LogP contribution in [-0.2, 0) is 0 Å². The number of nitrogens with zero attached hydrogens (tertiary/aromatic N) is 4. The summed E-state index contributed by atoms with van der Waals surface area (Å²) in [6, 6.07) is 1.23. The van der Waals surface area contributed by atoms with Crippen molar-refractivity contribution in [1.29, 1.82) is 0 Å². The van der Waals surface area contributed by atoms with Gasteiger partial charge in [-0.2, -0.15) is 0 Å². The van der Waals surface area contributed by atoms with Gasteiger partial charge in [0.25, 0.3) is 0 Å². The van der Waals surface area contributed by atoms with Crippen molar-refractivity contribution < 1.29 is 0 Å². The minimum Gasteiger partial charge on any atom is -0.355 e. The molecule has 2 N–H and O–H groups in total. The highest BCUT2D eigenvalue weighted by atomic mass is 15.2. The summed E-state index contributed by atoms with van der Waals surface area (Å²) in [6.07, 6.45) is 9.39. The first kappa shape index (κ1) is 14.3. The maximum atomic E-state index is 4.45. The summed E-state index contributed by atoms with van der Waals surface area (Å²) < 4.78 is 0.